The number of alkyl halides is 3. The molecule has 0 amide bonds. The first-order valence-corrected chi connectivity index (χ1v) is 4.01. The predicted octanol–water partition coefficient (Wildman–Crippen LogP) is 3.02. The molecule has 0 aliphatic heterocycles. The van der Waals surface area contributed by atoms with Gasteiger partial charge in [-0.25, -0.2) is 4.39 Å². The summed E-state index contributed by atoms with van der Waals surface area (Å²) < 4.78 is 48.0. The van der Waals surface area contributed by atoms with E-state index in [0.29, 0.717) is 0 Å². The molecule has 1 rings (SSSR count). The van der Waals surface area contributed by atoms with Crippen LogP contribution in [0.2, 0.25) is 0 Å². The second-order valence-electron chi connectivity index (χ2n) is 2.23. The standard InChI is InChI=1S/C7H5F4NS/c8-4-1-2-5(12)6(3-4)13-7(9,10)11/h1-3H,12H2. The van der Waals surface area contributed by atoms with Crippen molar-refractivity contribution in [1.82, 2.24) is 0 Å². The van der Waals surface area contributed by atoms with Crippen LogP contribution < -0.4 is 5.73 Å². The Balaban J connectivity index is 2.94. The maximum atomic E-state index is 12.5. The largest absolute Gasteiger partial charge is 0.446 e. The fraction of sp³-hybridized carbons (Fsp3) is 0.143. The number of benzene rings is 1. The van der Waals surface area contributed by atoms with Crippen molar-refractivity contribution in [2.45, 2.75) is 10.4 Å². The van der Waals surface area contributed by atoms with Crippen molar-refractivity contribution < 1.29 is 17.6 Å². The monoisotopic (exact) mass is 211 g/mol. The van der Waals surface area contributed by atoms with E-state index in [-0.39, 0.29) is 10.6 Å². The molecule has 0 spiro atoms. The van der Waals surface area contributed by atoms with Gasteiger partial charge in [-0.1, -0.05) is 0 Å². The molecular formula is C7H5F4NS. The second kappa shape index (κ2) is 3.45. The fourth-order valence-corrected chi connectivity index (χ4v) is 1.33. The number of rotatable bonds is 1. The van der Waals surface area contributed by atoms with E-state index in [1.165, 1.54) is 0 Å². The Bertz CT molecular complexity index is 310. The molecule has 0 aliphatic carbocycles. The van der Waals surface area contributed by atoms with E-state index in [4.69, 9.17) is 5.73 Å². The lowest BCUT2D eigenvalue weighted by atomic mass is 10.3. The van der Waals surface area contributed by atoms with Crippen LogP contribution in [-0.2, 0) is 0 Å². The van der Waals surface area contributed by atoms with Gasteiger partial charge in [0, 0.05) is 10.6 Å². The molecule has 2 N–H and O–H groups in total. The lowest BCUT2D eigenvalue weighted by Gasteiger charge is -2.07. The minimum Gasteiger partial charge on any atom is -0.398 e. The van der Waals surface area contributed by atoms with Crippen LogP contribution in [0.5, 0.6) is 0 Å². The summed E-state index contributed by atoms with van der Waals surface area (Å²) in [4.78, 5) is -0.312. The van der Waals surface area contributed by atoms with Crippen LogP contribution in [0.25, 0.3) is 0 Å². The summed E-state index contributed by atoms with van der Waals surface area (Å²) >= 11 is -0.423. The van der Waals surface area contributed by atoms with Crippen molar-refractivity contribution in [2.24, 2.45) is 0 Å². The topological polar surface area (TPSA) is 26.0 Å². The van der Waals surface area contributed by atoms with E-state index in [1.54, 1.807) is 0 Å². The molecule has 1 aromatic carbocycles. The highest BCUT2D eigenvalue weighted by Gasteiger charge is 2.30. The molecule has 0 fully saturated rings. The molecule has 0 bridgehead atoms. The van der Waals surface area contributed by atoms with Gasteiger partial charge in [-0.3, -0.25) is 0 Å². The maximum absolute atomic E-state index is 12.5. The maximum Gasteiger partial charge on any atom is 0.446 e. The smallest absolute Gasteiger partial charge is 0.398 e. The van der Waals surface area contributed by atoms with Crippen molar-refractivity contribution in [2.75, 3.05) is 5.73 Å². The fourth-order valence-electron chi connectivity index (χ4n) is 0.721. The Hall–Kier alpha value is -0.910. The van der Waals surface area contributed by atoms with E-state index < -0.39 is 23.1 Å². The lowest BCUT2D eigenvalue weighted by Crippen LogP contribution is -2.01. The molecule has 0 unspecified atom stereocenters. The lowest BCUT2D eigenvalue weighted by molar-refractivity contribution is -0.0327. The minimum atomic E-state index is -4.44. The third-order valence-electron chi connectivity index (χ3n) is 1.20. The number of hydrogen-bond donors (Lipinski definition) is 1. The van der Waals surface area contributed by atoms with Crippen molar-refractivity contribution in [3.63, 3.8) is 0 Å². The predicted molar refractivity (Wildman–Crippen MR) is 42.7 cm³/mol. The summed E-state index contributed by atoms with van der Waals surface area (Å²) in [7, 11) is 0. The van der Waals surface area contributed by atoms with Crippen molar-refractivity contribution >= 4 is 17.4 Å². The number of anilines is 1. The highest BCUT2D eigenvalue weighted by Crippen LogP contribution is 2.39. The van der Waals surface area contributed by atoms with Crippen molar-refractivity contribution in [3.05, 3.63) is 24.0 Å². The van der Waals surface area contributed by atoms with Gasteiger partial charge in [0.2, 0.25) is 0 Å². The molecule has 72 valence electrons. The van der Waals surface area contributed by atoms with Gasteiger partial charge in [0.1, 0.15) is 5.82 Å². The number of hydrogen-bond acceptors (Lipinski definition) is 2. The molecule has 6 heteroatoms. The van der Waals surface area contributed by atoms with Gasteiger partial charge in [0.15, 0.2) is 0 Å². The highest BCUT2D eigenvalue weighted by atomic mass is 32.2. The molecule has 0 heterocycles. The van der Waals surface area contributed by atoms with Crippen LogP contribution in [0, 0.1) is 5.82 Å². The van der Waals surface area contributed by atoms with Gasteiger partial charge >= 0.3 is 5.51 Å². The second-order valence-corrected chi connectivity index (χ2v) is 3.34. The zero-order valence-electron chi connectivity index (χ0n) is 6.23. The van der Waals surface area contributed by atoms with Crippen LogP contribution in [-0.4, -0.2) is 5.51 Å². The summed E-state index contributed by atoms with van der Waals surface area (Å²) in [5.41, 5.74) is 0.687. The van der Waals surface area contributed by atoms with Gasteiger partial charge in [-0.2, -0.15) is 13.2 Å². The van der Waals surface area contributed by atoms with E-state index in [0.717, 1.165) is 18.2 Å². The third-order valence-corrected chi connectivity index (χ3v) is 2.01. The Morgan fingerprint density at radius 2 is 1.85 bits per heavy atom. The summed E-state index contributed by atoms with van der Waals surface area (Å²) in [5, 5.41) is 0. The van der Waals surface area contributed by atoms with Gasteiger partial charge in [0.25, 0.3) is 0 Å². The van der Waals surface area contributed by atoms with Crippen molar-refractivity contribution in [1.29, 1.82) is 0 Å². The number of nitrogen functional groups attached to an aromatic ring is 1. The highest BCUT2D eigenvalue weighted by molar-refractivity contribution is 8.00. The molecule has 0 atom stereocenters. The number of halogens is 4. The van der Waals surface area contributed by atoms with Crippen LogP contribution in [0.1, 0.15) is 0 Å². The third kappa shape index (κ3) is 3.14. The van der Waals surface area contributed by atoms with E-state index in [2.05, 4.69) is 0 Å². The molecule has 0 aromatic heterocycles. The van der Waals surface area contributed by atoms with Crippen LogP contribution in [0.3, 0.4) is 0 Å². The Morgan fingerprint density at radius 1 is 1.23 bits per heavy atom. The average Bonchev–Trinajstić information content (AvgIpc) is 1.94. The Kier molecular flexibility index (Phi) is 2.70. The summed E-state index contributed by atoms with van der Waals surface area (Å²) in [6, 6.07) is 2.87. The molecule has 13 heavy (non-hydrogen) atoms. The molecule has 0 radical (unpaired) electrons. The molecule has 1 aromatic rings. The summed E-state index contributed by atoms with van der Waals surface area (Å²) in [5.74, 6) is -0.735. The molecule has 0 aliphatic rings. The van der Waals surface area contributed by atoms with Crippen molar-refractivity contribution in [3.8, 4) is 0 Å². The zero-order valence-corrected chi connectivity index (χ0v) is 7.05. The quantitative estimate of drug-likeness (QED) is 0.439. The SMILES string of the molecule is Nc1ccc(F)cc1SC(F)(F)F. The molecule has 0 saturated heterocycles. The summed E-state index contributed by atoms with van der Waals surface area (Å²) in [6.07, 6.45) is 0. The van der Waals surface area contributed by atoms with Crippen LogP contribution in [0.4, 0.5) is 23.2 Å². The Morgan fingerprint density at radius 3 is 2.38 bits per heavy atom. The van der Waals surface area contributed by atoms with E-state index in [9.17, 15) is 17.6 Å². The first-order chi connectivity index (χ1) is 5.88. The van der Waals surface area contributed by atoms with Gasteiger partial charge in [0.05, 0.1) is 0 Å². The number of nitrogens with two attached hydrogens (primary N) is 1. The number of thioether (sulfide) groups is 1. The normalized spacial score (nSPS) is 11.7. The van der Waals surface area contributed by atoms with Crippen LogP contribution in [0.15, 0.2) is 23.1 Å². The van der Waals surface area contributed by atoms with Crippen LogP contribution >= 0.6 is 11.8 Å². The molecular weight excluding hydrogens is 206 g/mol. The van der Waals surface area contributed by atoms with Gasteiger partial charge in [-0.15, -0.1) is 0 Å². The van der Waals surface area contributed by atoms with E-state index in [1.807, 2.05) is 0 Å². The summed E-state index contributed by atoms with van der Waals surface area (Å²) in [6.45, 7) is 0. The van der Waals surface area contributed by atoms with E-state index >= 15 is 0 Å². The van der Waals surface area contributed by atoms with Gasteiger partial charge < -0.3 is 5.73 Å². The Labute approximate surface area is 75.9 Å². The molecule has 0 saturated carbocycles. The first kappa shape index (κ1) is 10.2. The minimum absolute atomic E-state index is 0.0799. The zero-order chi connectivity index (χ0) is 10.1. The first-order valence-electron chi connectivity index (χ1n) is 3.19. The molecule has 1 nitrogen and oxygen atoms in total. The van der Waals surface area contributed by atoms with Gasteiger partial charge in [-0.05, 0) is 30.0 Å². The average molecular weight is 211 g/mol.